The van der Waals surface area contributed by atoms with Crippen LogP contribution >= 0.6 is 35.6 Å². The standard InChI is InChI=1S/C19H14ClNO6S2/c20-11-3-1-10(2-4-11)14-7-5-12(27-14)9-15-17(24)21(19(28)29-15)13(18(25)26)6-8-16(22)23/h1-5,7,9,13H,6,8H2,(H,22,23)(H,25,26)/b15-9-/t13-/m1/s1. The molecule has 0 saturated carbocycles. The van der Waals surface area contributed by atoms with Gasteiger partial charge in [-0.3, -0.25) is 14.5 Å². The number of carbonyl (C=O) groups excluding carboxylic acids is 1. The van der Waals surface area contributed by atoms with E-state index in [1.807, 2.05) is 0 Å². The lowest BCUT2D eigenvalue weighted by atomic mass is 10.1. The van der Waals surface area contributed by atoms with Crippen molar-refractivity contribution in [2.75, 3.05) is 0 Å². The molecule has 1 amide bonds. The molecule has 1 atom stereocenters. The number of nitrogens with zero attached hydrogens (tertiary/aromatic N) is 1. The number of hydrogen-bond acceptors (Lipinski definition) is 6. The third kappa shape index (κ3) is 4.87. The highest BCUT2D eigenvalue weighted by molar-refractivity contribution is 8.26. The van der Waals surface area contributed by atoms with Crippen LogP contribution in [0.15, 0.2) is 45.7 Å². The van der Waals surface area contributed by atoms with Crippen LogP contribution in [0.2, 0.25) is 5.02 Å². The largest absolute Gasteiger partial charge is 0.481 e. The Bertz CT molecular complexity index is 1010. The number of furan rings is 1. The minimum Gasteiger partial charge on any atom is -0.481 e. The summed E-state index contributed by atoms with van der Waals surface area (Å²) in [5.74, 6) is -2.09. The number of carbonyl (C=O) groups is 3. The zero-order valence-corrected chi connectivity index (χ0v) is 17.1. The highest BCUT2D eigenvalue weighted by Gasteiger charge is 2.40. The van der Waals surface area contributed by atoms with Crippen LogP contribution in [0.25, 0.3) is 17.4 Å². The number of carboxylic acids is 2. The fraction of sp³-hybridized carbons (Fsp3) is 0.158. The Kier molecular flexibility index (Phi) is 6.41. The van der Waals surface area contributed by atoms with E-state index in [4.69, 9.17) is 33.3 Å². The van der Waals surface area contributed by atoms with E-state index >= 15 is 0 Å². The molecule has 0 bridgehead atoms. The minimum absolute atomic E-state index is 0.0588. The second-order valence-electron chi connectivity index (χ2n) is 6.05. The average Bonchev–Trinajstić information content (AvgIpc) is 3.22. The molecule has 150 valence electrons. The predicted octanol–water partition coefficient (Wildman–Crippen LogP) is 4.12. The van der Waals surface area contributed by atoms with Gasteiger partial charge in [-0.25, -0.2) is 4.79 Å². The van der Waals surface area contributed by atoms with Crippen LogP contribution < -0.4 is 0 Å². The third-order valence-corrected chi connectivity index (χ3v) is 5.66. The van der Waals surface area contributed by atoms with Crippen molar-refractivity contribution in [3.8, 4) is 11.3 Å². The van der Waals surface area contributed by atoms with Crippen LogP contribution in [0, 0.1) is 0 Å². The molecule has 1 aromatic heterocycles. The van der Waals surface area contributed by atoms with E-state index in [9.17, 15) is 19.5 Å². The zero-order chi connectivity index (χ0) is 21.1. The van der Waals surface area contributed by atoms with Crippen molar-refractivity contribution in [3.63, 3.8) is 0 Å². The molecule has 1 saturated heterocycles. The highest BCUT2D eigenvalue weighted by Crippen LogP contribution is 2.35. The Labute approximate surface area is 179 Å². The van der Waals surface area contributed by atoms with Crippen LogP contribution in [0.1, 0.15) is 18.6 Å². The van der Waals surface area contributed by atoms with E-state index in [1.165, 1.54) is 6.08 Å². The molecule has 29 heavy (non-hydrogen) atoms. The minimum atomic E-state index is -1.34. The smallest absolute Gasteiger partial charge is 0.326 e. The second-order valence-corrected chi connectivity index (χ2v) is 8.16. The summed E-state index contributed by atoms with van der Waals surface area (Å²) < 4.78 is 5.80. The lowest BCUT2D eigenvalue weighted by Gasteiger charge is -2.22. The number of thioether (sulfide) groups is 1. The molecule has 7 nitrogen and oxygen atoms in total. The van der Waals surface area contributed by atoms with E-state index in [0.717, 1.165) is 22.2 Å². The monoisotopic (exact) mass is 451 g/mol. The summed E-state index contributed by atoms with van der Waals surface area (Å²) in [7, 11) is 0. The van der Waals surface area contributed by atoms with E-state index in [-0.39, 0.29) is 15.6 Å². The predicted molar refractivity (Wildman–Crippen MR) is 112 cm³/mol. The SMILES string of the molecule is O=C(O)CC[C@H](C(=O)O)N1C(=O)/C(=C/c2ccc(-c3ccc(Cl)cc3)o2)SC1=S. The van der Waals surface area contributed by atoms with Crippen LogP contribution in [-0.4, -0.2) is 43.3 Å². The number of amides is 1. The van der Waals surface area contributed by atoms with Crippen molar-refractivity contribution in [3.05, 3.63) is 52.1 Å². The quantitative estimate of drug-likeness (QED) is 0.478. The topological polar surface area (TPSA) is 108 Å². The summed E-state index contributed by atoms with van der Waals surface area (Å²) in [6.07, 6.45) is 0.844. The molecule has 0 spiro atoms. The first-order valence-corrected chi connectivity index (χ1v) is 9.94. The van der Waals surface area contributed by atoms with Crippen LogP contribution in [-0.2, 0) is 14.4 Å². The lowest BCUT2D eigenvalue weighted by molar-refractivity contribution is -0.146. The molecule has 0 unspecified atom stereocenters. The van der Waals surface area contributed by atoms with E-state index in [2.05, 4.69) is 0 Å². The maximum atomic E-state index is 12.7. The van der Waals surface area contributed by atoms with Gasteiger partial charge in [-0.1, -0.05) is 35.6 Å². The lowest BCUT2D eigenvalue weighted by Crippen LogP contribution is -2.44. The first-order chi connectivity index (χ1) is 13.8. The van der Waals surface area contributed by atoms with Gasteiger partial charge in [0.2, 0.25) is 0 Å². The molecule has 10 heteroatoms. The summed E-state index contributed by atoms with van der Waals surface area (Å²) in [5.41, 5.74) is 0.807. The molecule has 0 aliphatic carbocycles. The van der Waals surface area contributed by atoms with E-state index in [0.29, 0.717) is 16.5 Å². The van der Waals surface area contributed by atoms with Gasteiger partial charge in [0.1, 0.15) is 21.9 Å². The molecule has 1 aliphatic rings. The first-order valence-electron chi connectivity index (χ1n) is 8.33. The average molecular weight is 452 g/mol. The van der Waals surface area contributed by atoms with Gasteiger partial charge < -0.3 is 14.6 Å². The molecular weight excluding hydrogens is 438 g/mol. The van der Waals surface area contributed by atoms with Gasteiger partial charge in [-0.05, 0) is 42.8 Å². The number of thiocarbonyl (C=S) groups is 1. The van der Waals surface area contributed by atoms with Crippen molar-refractivity contribution < 1.29 is 29.0 Å². The maximum absolute atomic E-state index is 12.7. The van der Waals surface area contributed by atoms with Gasteiger partial charge in [-0.15, -0.1) is 0 Å². The van der Waals surface area contributed by atoms with Gasteiger partial charge in [0.25, 0.3) is 5.91 Å². The number of aliphatic carboxylic acids is 2. The van der Waals surface area contributed by atoms with Crippen LogP contribution in [0.4, 0.5) is 0 Å². The molecule has 2 aromatic rings. The summed E-state index contributed by atoms with van der Waals surface area (Å²) in [4.78, 5) is 36.2. The Balaban J connectivity index is 1.81. The summed E-state index contributed by atoms with van der Waals surface area (Å²) in [6, 6.07) is 9.12. The number of rotatable bonds is 7. The number of halogens is 1. The fourth-order valence-electron chi connectivity index (χ4n) is 2.70. The Morgan fingerprint density at radius 3 is 2.52 bits per heavy atom. The molecular formula is C19H14ClNO6S2. The number of carboxylic acid groups (broad SMARTS) is 2. The summed E-state index contributed by atoms with van der Waals surface area (Å²) >= 11 is 12.0. The van der Waals surface area contributed by atoms with Crippen LogP contribution in [0.5, 0.6) is 0 Å². The fourth-order valence-corrected chi connectivity index (χ4v) is 4.16. The second kappa shape index (κ2) is 8.81. The van der Waals surface area contributed by atoms with Crippen molar-refractivity contribution in [2.45, 2.75) is 18.9 Å². The summed E-state index contributed by atoms with van der Waals surface area (Å²) in [5, 5.41) is 18.8. The Morgan fingerprint density at radius 1 is 1.21 bits per heavy atom. The van der Waals surface area contributed by atoms with Crippen LogP contribution in [0.3, 0.4) is 0 Å². The third-order valence-electron chi connectivity index (χ3n) is 4.08. The maximum Gasteiger partial charge on any atom is 0.326 e. The number of hydrogen-bond donors (Lipinski definition) is 2. The van der Waals surface area contributed by atoms with Crippen molar-refractivity contribution in [1.82, 2.24) is 4.90 Å². The van der Waals surface area contributed by atoms with Gasteiger partial charge in [-0.2, -0.15) is 0 Å². The van der Waals surface area contributed by atoms with Crippen molar-refractivity contribution in [2.24, 2.45) is 0 Å². The first kappa shape index (κ1) is 21.1. The van der Waals surface area contributed by atoms with E-state index in [1.54, 1.807) is 36.4 Å². The molecule has 3 rings (SSSR count). The zero-order valence-electron chi connectivity index (χ0n) is 14.7. The van der Waals surface area contributed by atoms with Gasteiger partial charge in [0.05, 0.1) is 4.91 Å². The molecule has 1 aliphatic heterocycles. The van der Waals surface area contributed by atoms with E-state index < -0.39 is 30.3 Å². The highest BCUT2D eigenvalue weighted by atomic mass is 35.5. The Morgan fingerprint density at radius 2 is 1.90 bits per heavy atom. The molecule has 1 fully saturated rings. The number of benzene rings is 1. The van der Waals surface area contributed by atoms with Gasteiger partial charge in [0.15, 0.2) is 0 Å². The van der Waals surface area contributed by atoms with Crippen molar-refractivity contribution >= 4 is 63.8 Å². The summed E-state index contributed by atoms with van der Waals surface area (Å²) in [6.45, 7) is 0. The molecule has 2 N–H and O–H groups in total. The Hall–Kier alpha value is -2.62. The van der Waals surface area contributed by atoms with Gasteiger partial charge >= 0.3 is 11.9 Å². The molecule has 2 heterocycles. The normalized spacial score (nSPS) is 16.4. The van der Waals surface area contributed by atoms with Crippen molar-refractivity contribution in [1.29, 1.82) is 0 Å². The molecule has 1 aromatic carbocycles. The molecule has 0 radical (unpaired) electrons. The van der Waals surface area contributed by atoms with Gasteiger partial charge in [0, 0.05) is 23.1 Å².